The van der Waals surface area contributed by atoms with E-state index in [-0.39, 0.29) is 0 Å². The predicted octanol–water partition coefficient (Wildman–Crippen LogP) is 1.42. The number of nitrogens with one attached hydrogen (secondary N) is 1. The molecule has 1 unspecified atom stereocenters. The molecule has 98 valence electrons. The summed E-state index contributed by atoms with van der Waals surface area (Å²) in [6, 6.07) is 0.966. The van der Waals surface area contributed by atoms with E-state index >= 15 is 0 Å². The Hall–Kier alpha value is -2.25. The second-order valence-corrected chi connectivity index (χ2v) is 3.48. The van der Waals surface area contributed by atoms with Crippen LogP contribution in [-0.4, -0.2) is 17.0 Å². The molecule has 0 heterocycles. The van der Waals surface area contributed by atoms with Gasteiger partial charge in [0.25, 0.3) is 0 Å². The van der Waals surface area contributed by atoms with Crippen LogP contribution < -0.4 is 11.1 Å². The summed E-state index contributed by atoms with van der Waals surface area (Å²) in [6.07, 6.45) is 0. The van der Waals surface area contributed by atoms with Crippen molar-refractivity contribution in [3.8, 4) is 0 Å². The summed E-state index contributed by atoms with van der Waals surface area (Å²) in [5, 5.41) is 12.9. The molecular weight excluding hydrogens is 251 g/mol. The van der Waals surface area contributed by atoms with E-state index in [1.54, 1.807) is 0 Å². The van der Waals surface area contributed by atoms with Crippen molar-refractivity contribution < 1.29 is 23.2 Å². The van der Waals surface area contributed by atoms with Crippen molar-refractivity contribution in [3.63, 3.8) is 0 Å². The number of benzene rings is 1. The van der Waals surface area contributed by atoms with Crippen LogP contribution >= 0.6 is 0 Å². The van der Waals surface area contributed by atoms with Crippen molar-refractivity contribution in [2.75, 3.05) is 5.32 Å². The number of hydrogen-bond donors (Lipinski definition) is 3. The lowest BCUT2D eigenvalue weighted by Crippen LogP contribution is -2.32. The van der Waals surface area contributed by atoms with Crippen molar-refractivity contribution in [1.82, 2.24) is 0 Å². The third kappa shape index (κ3) is 2.90. The Labute approximate surface area is 100 Å². The molecule has 8 heteroatoms. The summed E-state index contributed by atoms with van der Waals surface area (Å²) >= 11 is 0. The normalized spacial score (nSPS) is 13.2. The first kappa shape index (κ1) is 13.8. The van der Waals surface area contributed by atoms with E-state index in [0.717, 1.165) is 0 Å². The quantitative estimate of drug-likeness (QED) is 0.253. The smallest absolute Gasteiger partial charge is 0.235 e. The molecule has 0 saturated carbocycles. The monoisotopic (exact) mass is 261 g/mol. The van der Waals surface area contributed by atoms with Gasteiger partial charge < -0.3 is 16.3 Å². The average molecular weight is 261 g/mol. The lowest BCUT2D eigenvalue weighted by molar-refractivity contribution is -0.117. The highest BCUT2D eigenvalue weighted by atomic mass is 19.2. The van der Waals surface area contributed by atoms with E-state index in [4.69, 9.17) is 10.9 Å². The van der Waals surface area contributed by atoms with Crippen LogP contribution in [0.4, 0.5) is 18.9 Å². The zero-order valence-corrected chi connectivity index (χ0v) is 9.25. The van der Waals surface area contributed by atoms with E-state index in [1.165, 1.54) is 6.92 Å². The van der Waals surface area contributed by atoms with Crippen molar-refractivity contribution in [3.05, 3.63) is 29.6 Å². The molecule has 1 aromatic carbocycles. The molecule has 1 rings (SSSR count). The van der Waals surface area contributed by atoms with E-state index in [1.807, 2.05) is 5.32 Å². The zero-order valence-electron chi connectivity index (χ0n) is 9.25. The second-order valence-electron chi connectivity index (χ2n) is 3.48. The van der Waals surface area contributed by atoms with Crippen LogP contribution in [-0.2, 0) is 4.79 Å². The average Bonchev–Trinajstić information content (AvgIpc) is 2.33. The molecule has 5 nitrogen and oxygen atoms in total. The number of rotatable bonds is 3. The lowest BCUT2D eigenvalue weighted by atomic mass is 10.1. The number of oxime groups is 1. The maximum Gasteiger partial charge on any atom is 0.235 e. The number of carbonyl (C=O) groups excluding carboxylic acids is 1. The van der Waals surface area contributed by atoms with Crippen LogP contribution in [0.2, 0.25) is 0 Å². The Kier molecular flexibility index (Phi) is 4.13. The van der Waals surface area contributed by atoms with Crippen molar-refractivity contribution in [2.45, 2.75) is 6.92 Å². The first-order chi connectivity index (χ1) is 8.36. The van der Waals surface area contributed by atoms with E-state index < -0.39 is 40.8 Å². The van der Waals surface area contributed by atoms with Crippen molar-refractivity contribution in [1.29, 1.82) is 0 Å². The van der Waals surface area contributed by atoms with Gasteiger partial charge in [-0.2, -0.15) is 0 Å². The minimum Gasteiger partial charge on any atom is -0.409 e. The maximum absolute atomic E-state index is 13.2. The van der Waals surface area contributed by atoms with Gasteiger partial charge in [0.15, 0.2) is 17.5 Å². The number of anilines is 1. The minimum absolute atomic E-state index is 0.345. The van der Waals surface area contributed by atoms with Gasteiger partial charge in [-0.15, -0.1) is 0 Å². The number of amides is 1. The fraction of sp³-hybridized carbons (Fsp3) is 0.200. The highest BCUT2D eigenvalue weighted by molar-refractivity contribution is 6.07. The molecule has 0 fully saturated rings. The van der Waals surface area contributed by atoms with E-state index in [0.29, 0.717) is 12.1 Å². The molecule has 1 aromatic rings. The van der Waals surface area contributed by atoms with E-state index in [2.05, 4.69) is 5.16 Å². The molecule has 0 saturated heterocycles. The lowest BCUT2D eigenvalue weighted by Gasteiger charge is -2.11. The number of nitrogens with zero attached hydrogens (tertiary/aromatic N) is 1. The van der Waals surface area contributed by atoms with E-state index in [9.17, 15) is 18.0 Å². The van der Waals surface area contributed by atoms with Gasteiger partial charge in [0, 0.05) is 12.1 Å². The summed E-state index contributed by atoms with van der Waals surface area (Å²) in [4.78, 5) is 11.5. The van der Waals surface area contributed by atoms with Gasteiger partial charge in [-0.1, -0.05) is 5.16 Å². The molecule has 4 N–H and O–H groups in total. The van der Waals surface area contributed by atoms with Crippen LogP contribution in [0.5, 0.6) is 0 Å². The summed E-state index contributed by atoms with van der Waals surface area (Å²) < 4.78 is 38.9. The first-order valence-corrected chi connectivity index (χ1v) is 4.79. The largest absolute Gasteiger partial charge is 0.409 e. The Bertz CT molecular complexity index is 505. The van der Waals surface area contributed by atoms with Gasteiger partial charge in [0.2, 0.25) is 5.91 Å². The fourth-order valence-corrected chi connectivity index (χ4v) is 1.11. The number of amidine groups is 1. The van der Waals surface area contributed by atoms with Gasteiger partial charge in [0.05, 0.1) is 11.6 Å². The molecular formula is C10H10F3N3O2. The summed E-state index contributed by atoms with van der Waals surface area (Å²) in [7, 11) is 0. The standard InChI is InChI=1S/C10H10F3N3O2/c1-4(9(14)16-18)10(17)15-7-3-5(11)2-6(12)8(7)13/h2-4,18H,1H3,(H2,14,16)(H,15,17). The summed E-state index contributed by atoms with van der Waals surface area (Å²) in [6.45, 7) is 1.28. The van der Waals surface area contributed by atoms with Crippen LogP contribution in [0.15, 0.2) is 17.3 Å². The predicted molar refractivity (Wildman–Crippen MR) is 57.5 cm³/mol. The molecule has 0 aliphatic carbocycles. The molecule has 18 heavy (non-hydrogen) atoms. The van der Waals surface area contributed by atoms with Gasteiger partial charge in [-0.3, -0.25) is 4.79 Å². The van der Waals surface area contributed by atoms with Crippen LogP contribution in [0.1, 0.15) is 6.92 Å². The third-order valence-corrected chi connectivity index (χ3v) is 2.20. The Morgan fingerprint density at radius 1 is 1.44 bits per heavy atom. The molecule has 0 aliphatic heterocycles. The third-order valence-electron chi connectivity index (χ3n) is 2.20. The fourth-order valence-electron chi connectivity index (χ4n) is 1.11. The number of halogens is 3. The number of hydrogen-bond acceptors (Lipinski definition) is 3. The topological polar surface area (TPSA) is 87.7 Å². The number of carbonyl (C=O) groups is 1. The zero-order chi connectivity index (χ0) is 13.9. The molecule has 1 amide bonds. The maximum atomic E-state index is 13.2. The van der Waals surface area contributed by atoms with Crippen LogP contribution in [0.3, 0.4) is 0 Å². The molecule has 1 atom stereocenters. The second kappa shape index (κ2) is 5.39. The molecule has 0 bridgehead atoms. The highest BCUT2D eigenvalue weighted by Gasteiger charge is 2.20. The SMILES string of the molecule is CC(C(=O)Nc1cc(F)cc(F)c1F)C(N)=NO. The molecule has 0 aromatic heterocycles. The summed E-state index contributed by atoms with van der Waals surface area (Å²) in [5.41, 5.74) is 4.51. The Morgan fingerprint density at radius 2 is 2.06 bits per heavy atom. The Morgan fingerprint density at radius 3 is 2.61 bits per heavy atom. The minimum atomic E-state index is -1.43. The van der Waals surface area contributed by atoms with Crippen LogP contribution in [0.25, 0.3) is 0 Å². The van der Waals surface area contributed by atoms with Gasteiger partial charge in [-0.05, 0) is 6.92 Å². The molecule has 0 radical (unpaired) electrons. The van der Waals surface area contributed by atoms with Crippen molar-refractivity contribution >= 4 is 17.4 Å². The molecule has 0 aliphatic rings. The van der Waals surface area contributed by atoms with Crippen molar-refractivity contribution in [2.24, 2.45) is 16.8 Å². The Balaban J connectivity index is 2.95. The van der Waals surface area contributed by atoms with Gasteiger partial charge in [-0.25, -0.2) is 13.2 Å². The van der Waals surface area contributed by atoms with Gasteiger partial charge >= 0.3 is 0 Å². The number of nitrogens with two attached hydrogens (primary N) is 1. The van der Waals surface area contributed by atoms with Gasteiger partial charge in [0.1, 0.15) is 5.82 Å². The first-order valence-electron chi connectivity index (χ1n) is 4.79. The summed E-state index contributed by atoms with van der Waals surface area (Å²) in [5.74, 6) is -6.22. The van der Waals surface area contributed by atoms with Crippen LogP contribution in [0, 0.1) is 23.4 Å². The highest BCUT2D eigenvalue weighted by Crippen LogP contribution is 2.19. The molecule has 0 spiro atoms.